The van der Waals surface area contributed by atoms with Crippen molar-refractivity contribution in [3.63, 3.8) is 0 Å². The zero-order chi connectivity index (χ0) is 39.9. The van der Waals surface area contributed by atoms with Crippen LogP contribution in [-0.4, -0.2) is 41.1 Å². The van der Waals surface area contributed by atoms with E-state index >= 15 is 0 Å². The third-order valence-electron chi connectivity index (χ3n) is 10.6. The number of fused-ring (bicyclic) bond motifs is 2. The van der Waals surface area contributed by atoms with Gasteiger partial charge in [-0.3, -0.25) is 14.2 Å². The molecule has 4 aromatic heterocycles. The monoisotopic (exact) mass is 765 g/mol. The molecule has 0 saturated carbocycles. The molecule has 0 unspecified atom stereocenters. The molecule has 0 spiro atoms. The molecule has 0 fully saturated rings. The first kappa shape index (κ1) is 39.4. The van der Waals surface area contributed by atoms with E-state index < -0.39 is 5.60 Å². The molecule has 0 saturated heterocycles. The van der Waals surface area contributed by atoms with Gasteiger partial charge in [-0.2, -0.15) is 10.2 Å². The second kappa shape index (κ2) is 17.5. The van der Waals surface area contributed by atoms with Gasteiger partial charge in [0.2, 0.25) is 0 Å². The second-order valence-electron chi connectivity index (χ2n) is 16.3. The zero-order valence-corrected chi connectivity index (χ0v) is 33.8. The molecule has 0 amide bonds. The molecule has 2 aromatic carbocycles. The number of rotatable bonds is 8. The van der Waals surface area contributed by atoms with Crippen LogP contribution >= 0.6 is 0 Å². The smallest absolute Gasteiger partial charge is 0.306 e. The molecule has 0 bridgehead atoms. The summed E-state index contributed by atoms with van der Waals surface area (Å²) in [5, 5.41) is 15.0. The van der Waals surface area contributed by atoms with Crippen LogP contribution in [-0.2, 0) is 36.5 Å². The van der Waals surface area contributed by atoms with Gasteiger partial charge in [0, 0.05) is 44.9 Å². The maximum atomic E-state index is 12.5. The van der Waals surface area contributed by atoms with Crippen molar-refractivity contribution in [1.82, 2.24) is 29.5 Å². The lowest BCUT2D eigenvalue weighted by molar-refractivity contribution is -0.155. The van der Waals surface area contributed by atoms with Gasteiger partial charge in [-0.05, 0) is 134 Å². The quantitative estimate of drug-likeness (QED) is 0.102. The van der Waals surface area contributed by atoms with Crippen LogP contribution in [0.3, 0.4) is 0 Å². The number of benzene rings is 2. The number of esters is 1. The van der Waals surface area contributed by atoms with Crippen LogP contribution in [0.15, 0.2) is 97.8 Å². The molecule has 11 heteroatoms. The summed E-state index contributed by atoms with van der Waals surface area (Å²) in [6.07, 6.45) is 20.5. The Bertz CT molecular complexity index is 2300. The van der Waals surface area contributed by atoms with Gasteiger partial charge in [0.05, 0.1) is 30.2 Å². The van der Waals surface area contributed by atoms with E-state index in [1.807, 2.05) is 71.8 Å². The van der Waals surface area contributed by atoms with Crippen LogP contribution in [0.4, 0.5) is 23.0 Å². The molecule has 4 heterocycles. The summed E-state index contributed by atoms with van der Waals surface area (Å²) in [5.41, 5.74) is 17.7. The number of nitrogens with zero attached hydrogens (tertiary/aromatic N) is 6. The molecule has 296 valence electrons. The van der Waals surface area contributed by atoms with Gasteiger partial charge < -0.3 is 21.1 Å². The Kier molecular flexibility index (Phi) is 12.1. The summed E-state index contributed by atoms with van der Waals surface area (Å²) < 4.78 is 9.12. The highest BCUT2D eigenvalue weighted by molar-refractivity contribution is 5.73. The number of hydrogen-bond acceptors (Lipinski definition) is 9. The number of carbonyl (C=O) groups is 1. The SMILES string of the molecule is Cn1cc(Nc2cc(-c3ccc4c(c3)CCCC[C@H]4CC(=O)OC(C)(C)C)ccn2)cn1.Cn1cc(Nc2cc(-c3ccc4c(c3)CCCC[C@H]4N)ccn2)cn1. The molecule has 0 radical (unpaired) electrons. The normalized spacial score (nSPS) is 16.5. The highest BCUT2D eigenvalue weighted by Gasteiger charge is 2.25. The van der Waals surface area contributed by atoms with E-state index in [0.29, 0.717) is 6.42 Å². The lowest BCUT2D eigenvalue weighted by atomic mass is 9.88. The molecule has 0 aliphatic heterocycles. The summed E-state index contributed by atoms with van der Waals surface area (Å²) in [5.74, 6) is 1.71. The van der Waals surface area contributed by atoms with Crippen molar-refractivity contribution in [1.29, 1.82) is 0 Å². The molecule has 11 nitrogen and oxygen atoms in total. The Morgan fingerprint density at radius 1 is 0.719 bits per heavy atom. The molecule has 2 atom stereocenters. The number of nitrogens with one attached hydrogen (secondary N) is 2. The van der Waals surface area contributed by atoms with Gasteiger partial charge in [0.1, 0.15) is 17.2 Å². The van der Waals surface area contributed by atoms with Crippen LogP contribution in [0.2, 0.25) is 0 Å². The Labute approximate surface area is 336 Å². The van der Waals surface area contributed by atoms with Crippen molar-refractivity contribution in [2.45, 2.75) is 96.1 Å². The van der Waals surface area contributed by atoms with E-state index in [1.54, 1.807) is 21.8 Å². The van der Waals surface area contributed by atoms with Crippen molar-refractivity contribution >= 4 is 29.0 Å². The predicted molar refractivity (Wildman–Crippen MR) is 228 cm³/mol. The molecule has 4 N–H and O–H groups in total. The fourth-order valence-electron chi connectivity index (χ4n) is 7.88. The summed E-state index contributed by atoms with van der Waals surface area (Å²) >= 11 is 0. The van der Waals surface area contributed by atoms with Crippen LogP contribution in [0.1, 0.15) is 99.9 Å². The fraction of sp³-hybridized carbons (Fsp3) is 0.370. The van der Waals surface area contributed by atoms with Crippen molar-refractivity contribution < 1.29 is 9.53 Å². The van der Waals surface area contributed by atoms with E-state index in [1.165, 1.54) is 46.2 Å². The molecular formula is C46H55N9O2. The molecule has 2 aliphatic rings. The molecular weight excluding hydrogens is 711 g/mol. The zero-order valence-electron chi connectivity index (χ0n) is 33.8. The summed E-state index contributed by atoms with van der Waals surface area (Å²) in [6, 6.07) is 21.7. The number of ether oxygens (including phenoxy) is 1. The van der Waals surface area contributed by atoms with Crippen molar-refractivity contribution in [3.8, 4) is 22.3 Å². The van der Waals surface area contributed by atoms with Gasteiger partial charge in [0.15, 0.2) is 0 Å². The summed E-state index contributed by atoms with van der Waals surface area (Å²) in [7, 11) is 3.79. The highest BCUT2D eigenvalue weighted by atomic mass is 16.6. The van der Waals surface area contributed by atoms with Crippen molar-refractivity contribution in [3.05, 3.63) is 120 Å². The molecule has 8 rings (SSSR count). The largest absolute Gasteiger partial charge is 0.460 e. The van der Waals surface area contributed by atoms with E-state index in [2.05, 4.69) is 79.3 Å². The molecule has 2 aliphatic carbocycles. The number of pyridine rings is 2. The van der Waals surface area contributed by atoms with Crippen LogP contribution < -0.4 is 16.4 Å². The minimum Gasteiger partial charge on any atom is -0.460 e. The van der Waals surface area contributed by atoms with E-state index in [4.69, 9.17) is 10.5 Å². The average molecular weight is 766 g/mol. The van der Waals surface area contributed by atoms with E-state index in [0.717, 1.165) is 72.7 Å². The first-order chi connectivity index (χ1) is 27.5. The number of aromatic nitrogens is 6. The number of aryl methyl sites for hydroxylation is 4. The Hall–Kier alpha value is -5.81. The van der Waals surface area contributed by atoms with E-state index in [-0.39, 0.29) is 17.9 Å². The fourth-order valence-corrected chi connectivity index (χ4v) is 7.88. The Morgan fingerprint density at radius 3 is 1.75 bits per heavy atom. The standard InChI is InChI=1S/C26H32N4O2.C20H23N5/c1-26(2,3)32-25(31)15-21-8-6-5-7-20-13-18(9-10-23(20)21)19-11-12-27-24(14-19)29-22-16-28-30(4)17-22;1-25-13-17(12-23-25)24-20-11-15(8-9-22-20)14-6-7-18-16(10-14)4-2-3-5-19(18)21/h9-14,16-17,21H,5-8,15H2,1-4H3,(H,27,29);6-13,19H,2-5,21H2,1H3,(H,22,24)/t21-;19-/m01/s1. The summed E-state index contributed by atoms with van der Waals surface area (Å²) in [4.78, 5) is 21.3. The number of carbonyl (C=O) groups excluding carboxylic acids is 1. The summed E-state index contributed by atoms with van der Waals surface area (Å²) in [6.45, 7) is 5.76. The van der Waals surface area contributed by atoms with Gasteiger partial charge >= 0.3 is 5.97 Å². The van der Waals surface area contributed by atoms with Gasteiger partial charge in [-0.1, -0.05) is 49.2 Å². The predicted octanol–water partition coefficient (Wildman–Crippen LogP) is 9.72. The molecule has 57 heavy (non-hydrogen) atoms. The van der Waals surface area contributed by atoms with Crippen LogP contribution in [0, 0.1) is 0 Å². The first-order valence-electron chi connectivity index (χ1n) is 20.1. The Morgan fingerprint density at radius 2 is 1.23 bits per heavy atom. The Balaban J connectivity index is 0.000000179. The minimum atomic E-state index is -0.447. The number of hydrogen-bond donors (Lipinski definition) is 3. The van der Waals surface area contributed by atoms with Crippen molar-refractivity contribution in [2.75, 3.05) is 10.6 Å². The van der Waals surface area contributed by atoms with Gasteiger partial charge in [-0.15, -0.1) is 0 Å². The second-order valence-corrected chi connectivity index (χ2v) is 16.3. The lowest BCUT2D eigenvalue weighted by Crippen LogP contribution is -2.25. The topological polar surface area (TPSA) is 138 Å². The number of anilines is 4. The first-order valence-corrected chi connectivity index (χ1v) is 20.1. The van der Waals surface area contributed by atoms with Crippen LogP contribution in [0.5, 0.6) is 0 Å². The highest BCUT2D eigenvalue weighted by Crippen LogP contribution is 2.37. The van der Waals surface area contributed by atoms with Gasteiger partial charge in [-0.25, -0.2) is 9.97 Å². The van der Waals surface area contributed by atoms with E-state index in [9.17, 15) is 4.79 Å². The third kappa shape index (κ3) is 10.5. The maximum absolute atomic E-state index is 12.5. The van der Waals surface area contributed by atoms with Crippen LogP contribution in [0.25, 0.3) is 22.3 Å². The van der Waals surface area contributed by atoms with Crippen molar-refractivity contribution in [2.24, 2.45) is 19.8 Å². The molecule has 6 aromatic rings. The third-order valence-corrected chi connectivity index (χ3v) is 10.6. The van der Waals surface area contributed by atoms with Gasteiger partial charge in [0.25, 0.3) is 0 Å². The lowest BCUT2D eigenvalue weighted by Gasteiger charge is -2.23. The number of nitrogens with two attached hydrogens (primary N) is 1. The average Bonchev–Trinajstić information content (AvgIpc) is 3.66. The maximum Gasteiger partial charge on any atom is 0.306 e. The minimum absolute atomic E-state index is 0.111.